The van der Waals surface area contributed by atoms with Crippen LogP contribution < -0.4 is 0 Å². The summed E-state index contributed by atoms with van der Waals surface area (Å²) in [5.41, 5.74) is 19.7. The molecule has 0 atom stereocenters. The van der Waals surface area contributed by atoms with Crippen molar-refractivity contribution in [3.63, 3.8) is 0 Å². The fourth-order valence-corrected chi connectivity index (χ4v) is 11.1. The third-order valence-electron chi connectivity index (χ3n) is 13.9. The third-order valence-corrected chi connectivity index (χ3v) is 13.9. The van der Waals surface area contributed by atoms with Gasteiger partial charge in [-0.25, -0.2) is 0 Å². The van der Waals surface area contributed by atoms with Crippen molar-refractivity contribution < 1.29 is 0 Å². The quantitative estimate of drug-likeness (QED) is 0.164. The van der Waals surface area contributed by atoms with E-state index >= 15 is 0 Å². The minimum Gasteiger partial charge on any atom is -0.309 e. The molecule has 64 heavy (non-hydrogen) atoms. The zero-order chi connectivity index (χ0) is 41.9. The van der Waals surface area contributed by atoms with Crippen LogP contribution in [0.25, 0.3) is 132 Å². The molecule has 2 aromatic heterocycles. The van der Waals surface area contributed by atoms with Crippen molar-refractivity contribution in [3.05, 3.63) is 231 Å². The summed E-state index contributed by atoms with van der Waals surface area (Å²) >= 11 is 0. The van der Waals surface area contributed by atoms with Gasteiger partial charge in [0.2, 0.25) is 0 Å². The fraction of sp³-hybridized carbons (Fsp3) is 0. The zero-order valence-electron chi connectivity index (χ0n) is 34.8. The summed E-state index contributed by atoms with van der Waals surface area (Å²) in [7, 11) is 0. The van der Waals surface area contributed by atoms with Crippen LogP contribution in [0.1, 0.15) is 0 Å². The molecule has 0 spiro atoms. The summed E-state index contributed by atoms with van der Waals surface area (Å²) in [4.78, 5) is 0. The van der Waals surface area contributed by atoms with E-state index in [-0.39, 0.29) is 0 Å². The molecular weight excluding hydrogens is 773 g/mol. The number of hydrogen-bond donors (Lipinski definition) is 0. The lowest BCUT2D eigenvalue weighted by atomic mass is 9.89. The molecule has 2 nitrogen and oxygen atoms in total. The maximum Gasteiger partial charge on any atom is 0.0619 e. The Balaban J connectivity index is 0.982. The van der Waals surface area contributed by atoms with Gasteiger partial charge in [-0.1, -0.05) is 182 Å². The zero-order valence-corrected chi connectivity index (χ0v) is 34.8. The molecule has 2 heterocycles. The second-order valence-electron chi connectivity index (χ2n) is 17.2. The van der Waals surface area contributed by atoms with E-state index in [0.717, 1.165) is 5.69 Å². The largest absolute Gasteiger partial charge is 0.309 e. The normalized spacial score (nSPS) is 12.1. The van der Waals surface area contributed by atoms with E-state index in [1.54, 1.807) is 0 Å². The number of benzene rings is 11. The van der Waals surface area contributed by atoms with Gasteiger partial charge in [-0.15, -0.1) is 0 Å². The molecule has 0 unspecified atom stereocenters. The highest BCUT2D eigenvalue weighted by Crippen LogP contribution is 2.51. The van der Waals surface area contributed by atoms with Gasteiger partial charge in [-0.3, -0.25) is 0 Å². The van der Waals surface area contributed by atoms with Crippen molar-refractivity contribution in [2.45, 2.75) is 0 Å². The first-order valence-electron chi connectivity index (χ1n) is 22.2. The van der Waals surface area contributed by atoms with Gasteiger partial charge < -0.3 is 9.13 Å². The predicted octanol–water partition coefficient (Wildman–Crippen LogP) is 16.8. The van der Waals surface area contributed by atoms with Gasteiger partial charge in [-0.2, -0.15) is 0 Å². The molecule has 11 aromatic carbocycles. The summed E-state index contributed by atoms with van der Waals surface area (Å²) in [5, 5.41) is 10.1. The van der Waals surface area contributed by atoms with E-state index in [4.69, 9.17) is 0 Å². The third kappa shape index (κ3) is 4.96. The lowest BCUT2D eigenvalue weighted by Gasteiger charge is -2.18. The second kappa shape index (κ2) is 13.5. The topological polar surface area (TPSA) is 9.86 Å². The van der Waals surface area contributed by atoms with Crippen LogP contribution in [0.2, 0.25) is 0 Å². The molecule has 1 aliphatic carbocycles. The first kappa shape index (κ1) is 35.2. The van der Waals surface area contributed by atoms with Crippen molar-refractivity contribution in [1.82, 2.24) is 9.13 Å². The van der Waals surface area contributed by atoms with Gasteiger partial charge in [0.05, 0.1) is 27.8 Å². The molecule has 0 aliphatic heterocycles. The summed E-state index contributed by atoms with van der Waals surface area (Å²) in [5.74, 6) is 0. The number of hydrogen-bond acceptors (Lipinski definition) is 0. The van der Waals surface area contributed by atoms with Crippen LogP contribution >= 0.6 is 0 Å². The fourth-order valence-electron chi connectivity index (χ4n) is 11.1. The number of para-hydroxylation sites is 3. The van der Waals surface area contributed by atoms with Crippen molar-refractivity contribution in [2.24, 2.45) is 0 Å². The van der Waals surface area contributed by atoms with E-state index in [0.29, 0.717) is 0 Å². The molecule has 14 rings (SSSR count). The summed E-state index contributed by atoms with van der Waals surface area (Å²) in [6, 6.07) is 85.3. The molecule has 0 saturated carbocycles. The van der Waals surface area contributed by atoms with Crippen molar-refractivity contribution in [1.29, 1.82) is 0 Å². The Morgan fingerprint density at radius 1 is 0.250 bits per heavy atom. The van der Waals surface area contributed by atoms with Gasteiger partial charge in [0, 0.05) is 38.2 Å². The number of nitrogens with zero attached hydrogens (tertiary/aromatic N) is 2. The average Bonchev–Trinajstić information content (AvgIpc) is 4.00. The van der Waals surface area contributed by atoms with Gasteiger partial charge in [0.1, 0.15) is 0 Å². The maximum absolute atomic E-state index is 2.53. The van der Waals surface area contributed by atoms with Crippen LogP contribution in [0, 0.1) is 0 Å². The number of fused-ring (bicyclic) bond motifs is 11. The molecule has 0 amide bonds. The first-order valence-corrected chi connectivity index (χ1v) is 22.2. The summed E-state index contributed by atoms with van der Waals surface area (Å²) < 4.78 is 4.92. The average molecular weight is 811 g/mol. The van der Waals surface area contributed by atoms with Gasteiger partial charge >= 0.3 is 0 Å². The first-order chi connectivity index (χ1) is 31.8. The molecule has 0 fully saturated rings. The van der Waals surface area contributed by atoms with E-state index < -0.39 is 0 Å². The van der Waals surface area contributed by atoms with Gasteiger partial charge in [-0.05, 0) is 115 Å². The highest BCUT2D eigenvalue weighted by Gasteiger charge is 2.25. The minimum atomic E-state index is 1.16. The van der Waals surface area contributed by atoms with Gasteiger partial charge in [0.25, 0.3) is 0 Å². The monoisotopic (exact) mass is 810 g/mol. The lowest BCUT2D eigenvalue weighted by Crippen LogP contribution is -1.99. The van der Waals surface area contributed by atoms with Crippen LogP contribution in [0.4, 0.5) is 0 Å². The Morgan fingerprint density at radius 3 is 1.53 bits per heavy atom. The molecule has 13 aromatic rings. The van der Waals surface area contributed by atoms with Crippen LogP contribution in [-0.4, -0.2) is 9.13 Å². The van der Waals surface area contributed by atoms with Crippen LogP contribution in [0.5, 0.6) is 0 Å². The molecule has 0 saturated heterocycles. The smallest absolute Gasteiger partial charge is 0.0619 e. The maximum atomic E-state index is 2.53. The number of aromatic nitrogens is 2. The molecule has 2 heteroatoms. The highest BCUT2D eigenvalue weighted by molar-refractivity contribution is 6.21. The van der Waals surface area contributed by atoms with Crippen molar-refractivity contribution in [3.8, 4) is 67.0 Å². The minimum absolute atomic E-state index is 1.16. The van der Waals surface area contributed by atoms with Crippen LogP contribution in [0.3, 0.4) is 0 Å². The van der Waals surface area contributed by atoms with Crippen LogP contribution in [0.15, 0.2) is 231 Å². The Morgan fingerprint density at radius 2 is 0.766 bits per heavy atom. The molecule has 296 valence electrons. The Hall–Kier alpha value is -8.46. The number of rotatable bonds is 5. The molecule has 1 aliphatic rings. The summed E-state index contributed by atoms with van der Waals surface area (Å²) in [6.07, 6.45) is 0. The molecule has 0 bridgehead atoms. The molecular formula is C62H38N2. The van der Waals surface area contributed by atoms with Crippen molar-refractivity contribution in [2.75, 3.05) is 0 Å². The summed E-state index contributed by atoms with van der Waals surface area (Å²) in [6.45, 7) is 0. The van der Waals surface area contributed by atoms with E-state index in [1.165, 1.54) is 126 Å². The highest BCUT2D eigenvalue weighted by atomic mass is 15.0. The standard InChI is InChI=1S/C62H38N2/c1-2-16-42(17-3-1)63-57-27-12-11-24-50(57)55-37-40(30-35-59(55)63)41-31-36-60-56(38-41)54-32-29-39-15-4-5-18-43(39)62(54)64(60)58-28-13-10-23-49(58)45-20-7-6-19-44(45)48-33-34-53-47-22-9-8-21-46(47)51-25-14-26-52(48)61(51)53/h1-38H. The van der Waals surface area contributed by atoms with E-state index in [2.05, 4.69) is 240 Å². The van der Waals surface area contributed by atoms with Crippen molar-refractivity contribution >= 4 is 65.2 Å². The molecule has 0 N–H and O–H groups in total. The second-order valence-corrected chi connectivity index (χ2v) is 17.2. The SMILES string of the molecule is c1ccc(-n2c3ccccc3c3cc(-c4ccc5c(c4)c4ccc6ccccc6c4n5-c4ccccc4-c4ccccc4-c4ccc5c6c(cccc46)-c4ccccc4-5)ccc32)cc1. The van der Waals surface area contributed by atoms with E-state index in [9.17, 15) is 0 Å². The van der Waals surface area contributed by atoms with Gasteiger partial charge in [0.15, 0.2) is 0 Å². The lowest BCUT2D eigenvalue weighted by molar-refractivity contribution is 1.18. The molecule has 0 radical (unpaired) electrons. The van der Waals surface area contributed by atoms with E-state index in [1.807, 2.05) is 0 Å². The Labute approximate surface area is 370 Å². The Kier molecular flexibility index (Phi) is 7.43. The predicted molar refractivity (Wildman–Crippen MR) is 271 cm³/mol. The van der Waals surface area contributed by atoms with Crippen LogP contribution in [-0.2, 0) is 0 Å². The Bertz CT molecular complexity index is 4040.